The zero-order chi connectivity index (χ0) is 18.4. The van der Waals surface area contributed by atoms with Crippen LogP contribution in [0.3, 0.4) is 0 Å². The molecule has 130 valence electrons. The van der Waals surface area contributed by atoms with Crippen LogP contribution in [0.2, 0.25) is 0 Å². The van der Waals surface area contributed by atoms with E-state index in [0.29, 0.717) is 11.6 Å². The summed E-state index contributed by atoms with van der Waals surface area (Å²) in [5, 5.41) is 15.0. The van der Waals surface area contributed by atoms with Gasteiger partial charge in [0.15, 0.2) is 0 Å². The van der Waals surface area contributed by atoms with E-state index >= 15 is 0 Å². The molecule has 0 bridgehead atoms. The average molecular weight is 351 g/mol. The molecule has 0 unspecified atom stereocenters. The molecule has 2 rings (SSSR count). The van der Waals surface area contributed by atoms with Gasteiger partial charge in [0, 0.05) is 11.3 Å². The Labute approximate surface area is 140 Å². The lowest BCUT2D eigenvalue weighted by molar-refractivity contribution is -0.137. The number of phenolic OH excluding ortho intramolecular Hbond substituents is 1. The SMILES string of the molecule is O=C(NN=Cc1ccccc1O)C(=O)Nc1cccc(C(F)(F)F)c1. The van der Waals surface area contributed by atoms with E-state index in [9.17, 15) is 27.9 Å². The number of alkyl halides is 3. The summed E-state index contributed by atoms with van der Waals surface area (Å²) in [7, 11) is 0. The highest BCUT2D eigenvalue weighted by molar-refractivity contribution is 6.39. The molecular formula is C16H12F3N3O3. The third kappa shape index (κ3) is 5.06. The summed E-state index contributed by atoms with van der Waals surface area (Å²) < 4.78 is 37.8. The van der Waals surface area contributed by atoms with Gasteiger partial charge in [0.05, 0.1) is 11.8 Å². The number of rotatable bonds is 3. The molecule has 0 aliphatic carbocycles. The average Bonchev–Trinajstić information content (AvgIpc) is 2.56. The maximum absolute atomic E-state index is 12.6. The Bertz CT molecular complexity index is 820. The second-order valence-corrected chi connectivity index (χ2v) is 4.79. The first-order chi connectivity index (χ1) is 11.8. The van der Waals surface area contributed by atoms with E-state index in [-0.39, 0.29) is 11.4 Å². The lowest BCUT2D eigenvalue weighted by Crippen LogP contribution is -2.32. The standard InChI is InChI=1S/C16H12F3N3O3/c17-16(18,19)11-5-3-6-12(8-11)21-14(24)15(25)22-20-9-10-4-1-2-7-13(10)23/h1-9,23H,(H,21,24)(H,22,25). The summed E-state index contributed by atoms with van der Waals surface area (Å²) >= 11 is 0. The van der Waals surface area contributed by atoms with E-state index in [1.54, 1.807) is 12.1 Å². The molecule has 0 atom stereocenters. The van der Waals surface area contributed by atoms with Gasteiger partial charge in [-0.3, -0.25) is 9.59 Å². The Balaban J connectivity index is 1.97. The monoisotopic (exact) mass is 351 g/mol. The van der Waals surface area contributed by atoms with Crippen LogP contribution in [-0.4, -0.2) is 23.1 Å². The van der Waals surface area contributed by atoms with Gasteiger partial charge in [0.2, 0.25) is 0 Å². The van der Waals surface area contributed by atoms with Gasteiger partial charge in [0.1, 0.15) is 5.75 Å². The first kappa shape index (κ1) is 18.0. The number of nitrogens with zero attached hydrogens (tertiary/aromatic N) is 1. The Morgan fingerprint density at radius 3 is 2.44 bits per heavy atom. The third-order valence-corrected chi connectivity index (χ3v) is 2.96. The highest BCUT2D eigenvalue weighted by Crippen LogP contribution is 2.30. The van der Waals surface area contributed by atoms with Crippen LogP contribution in [0, 0.1) is 0 Å². The van der Waals surface area contributed by atoms with Crippen LogP contribution in [-0.2, 0) is 15.8 Å². The minimum absolute atomic E-state index is 0.0751. The number of halogens is 3. The molecule has 0 saturated heterocycles. The van der Waals surface area contributed by atoms with E-state index < -0.39 is 23.6 Å². The molecule has 9 heteroatoms. The van der Waals surface area contributed by atoms with E-state index in [0.717, 1.165) is 18.3 Å². The predicted molar refractivity (Wildman–Crippen MR) is 83.9 cm³/mol. The molecule has 0 saturated carbocycles. The number of carbonyl (C=O) groups excluding carboxylic acids is 2. The molecule has 3 N–H and O–H groups in total. The van der Waals surface area contributed by atoms with Gasteiger partial charge in [-0.15, -0.1) is 0 Å². The summed E-state index contributed by atoms with van der Waals surface area (Å²) in [4.78, 5) is 23.2. The van der Waals surface area contributed by atoms with Crippen molar-refractivity contribution in [1.29, 1.82) is 0 Å². The molecule has 0 aromatic heterocycles. The quantitative estimate of drug-likeness (QED) is 0.451. The molecule has 0 spiro atoms. The van der Waals surface area contributed by atoms with Crippen molar-refractivity contribution in [3.8, 4) is 5.75 Å². The van der Waals surface area contributed by atoms with Gasteiger partial charge in [-0.25, -0.2) is 5.43 Å². The summed E-state index contributed by atoms with van der Waals surface area (Å²) in [5.41, 5.74) is 1.08. The zero-order valence-corrected chi connectivity index (χ0v) is 12.5. The second kappa shape index (κ2) is 7.47. The topological polar surface area (TPSA) is 90.8 Å². The second-order valence-electron chi connectivity index (χ2n) is 4.79. The zero-order valence-electron chi connectivity index (χ0n) is 12.5. The van der Waals surface area contributed by atoms with Gasteiger partial charge in [-0.2, -0.15) is 18.3 Å². The number of carbonyl (C=O) groups is 2. The van der Waals surface area contributed by atoms with Crippen molar-refractivity contribution in [2.45, 2.75) is 6.18 Å². The van der Waals surface area contributed by atoms with E-state index in [2.05, 4.69) is 5.10 Å². The number of phenols is 1. The lowest BCUT2D eigenvalue weighted by atomic mass is 10.2. The van der Waals surface area contributed by atoms with E-state index in [1.165, 1.54) is 18.2 Å². The minimum atomic E-state index is -4.56. The Hall–Kier alpha value is -3.36. The van der Waals surface area contributed by atoms with Crippen LogP contribution in [0.4, 0.5) is 18.9 Å². The molecule has 0 heterocycles. The van der Waals surface area contributed by atoms with Gasteiger partial charge >= 0.3 is 18.0 Å². The van der Waals surface area contributed by atoms with E-state index in [4.69, 9.17) is 0 Å². The minimum Gasteiger partial charge on any atom is -0.507 e. The number of para-hydroxylation sites is 1. The Morgan fingerprint density at radius 2 is 1.76 bits per heavy atom. The van der Waals surface area contributed by atoms with Gasteiger partial charge in [0.25, 0.3) is 0 Å². The third-order valence-electron chi connectivity index (χ3n) is 2.96. The van der Waals surface area contributed by atoms with Crippen molar-refractivity contribution in [3.63, 3.8) is 0 Å². The fraction of sp³-hybridized carbons (Fsp3) is 0.0625. The van der Waals surface area contributed by atoms with Crippen LogP contribution in [0.5, 0.6) is 5.75 Å². The molecule has 0 aliphatic heterocycles. The molecule has 0 aliphatic rings. The van der Waals surface area contributed by atoms with Crippen LogP contribution >= 0.6 is 0 Å². The summed E-state index contributed by atoms with van der Waals surface area (Å²) in [6, 6.07) is 10.0. The van der Waals surface area contributed by atoms with Crippen molar-refractivity contribution in [1.82, 2.24) is 5.43 Å². The molecule has 0 radical (unpaired) electrons. The smallest absolute Gasteiger partial charge is 0.416 e. The Morgan fingerprint density at radius 1 is 1.04 bits per heavy atom. The van der Waals surface area contributed by atoms with Gasteiger partial charge in [-0.05, 0) is 30.3 Å². The van der Waals surface area contributed by atoms with E-state index in [1.807, 2.05) is 10.7 Å². The maximum Gasteiger partial charge on any atom is 0.416 e. The fourth-order valence-corrected chi connectivity index (χ4v) is 1.77. The summed E-state index contributed by atoms with van der Waals surface area (Å²) in [5.74, 6) is -2.44. The molecule has 6 nitrogen and oxygen atoms in total. The molecule has 2 aromatic carbocycles. The molecular weight excluding hydrogens is 339 g/mol. The maximum atomic E-state index is 12.6. The van der Waals surface area contributed by atoms with Crippen LogP contribution in [0.25, 0.3) is 0 Å². The molecule has 2 amide bonds. The number of benzene rings is 2. The first-order valence-electron chi connectivity index (χ1n) is 6.87. The molecule has 25 heavy (non-hydrogen) atoms. The largest absolute Gasteiger partial charge is 0.507 e. The number of hydrogen-bond donors (Lipinski definition) is 3. The van der Waals surface area contributed by atoms with Crippen molar-refractivity contribution in [2.24, 2.45) is 5.10 Å². The first-order valence-corrected chi connectivity index (χ1v) is 6.87. The molecule has 0 fully saturated rings. The number of nitrogens with one attached hydrogen (secondary N) is 2. The normalized spacial score (nSPS) is 11.3. The highest BCUT2D eigenvalue weighted by atomic mass is 19.4. The summed E-state index contributed by atoms with van der Waals surface area (Å²) in [6.07, 6.45) is -3.45. The van der Waals surface area contributed by atoms with Crippen molar-refractivity contribution >= 4 is 23.7 Å². The number of anilines is 1. The highest BCUT2D eigenvalue weighted by Gasteiger charge is 2.30. The lowest BCUT2D eigenvalue weighted by Gasteiger charge is -2.09. The number of hydrogen-bond acceptors (Lipinski definition) is 4. The van der Waals surface area contributed by atoms with Gasteiger partial charge < -0.3 is 10.4 Å². The fourth-order valence-electron chi connectivity index (χ4n) is 1.77. The van der Waals surface area contributed by atoms with Crippen LogP contribution in [0.15, 0.2) is 53.6 Å². The van der Waals surface area contributed by atoms with Crippen molar-refractivity contribution in [3.05, 3.63) is 59.7 Å². The van der Waals surface area contributed by atoms with Crippen molar-refractivity contribution < 1.29 is 27.9 Å². The van der Waals surface area contributed by atoms with Crippen LogP contribution in [0.1, 0.15) is 11.1 Å². The number of amides is 2. The van der Waals surface area contributed by atoms with Gasteiger partial charge in [-0.1, -0.05) is 18.2 Å². The Kier molecular flexibility index (Phi) is 5.38. The number of aromatic hydroxyl groups is 1. The number of hydrazone groups is 1. The van der Waals surface area contributed by atoms with Crippen molar-refractivity contribution in [2.75, 3.05) is 5.32 Å². The predicted octanol–water partition coefficient (Wildman–Crippen LogP) is 2.50. The van der Waals surface area contributed by atoms with Crippen LogP contribution < -0.4 is 10.7 Å². The molecule has 2 aromatic rings. The summed E-state index contributed by atoms with van der Waals surface area (Å²) in [6.45, 7) is 0.